The fraction of sp³-hybridized carbons (Fsp3) is 0.909. The zero-order valence-corrected chi connectivity index (χ0v) is 9.91. The molecule has 1 heterocycles. The maximum absolute atomic E-state index is 5.80. The lowest BCUT2D eigenvalue weighted by Crippen LogP contribution is -2.40. The summed E-state index contributed by atoms with van der Waals surface area (Å²) < 4.78 is 5.30. The standard InChI is InChI=1S/C11H23N3O/c1-3-4-11(12)13-10(2)9-14-5-7-15-8-6-14/h10H,3-9H2,1-2H3,(H2,12,13). The maximum atomic E-state index is 5.80. The average Bonchev–Trinajstić information content (AvgIpc) is 2.19. The number of hydrogen-bond donors (Lipinski definition) is 1. The van der Waals surface area contributed by atoms with E-state index in [2.05, 4.69) is 23.7 Å². The van der Waals surface area contributed by atoms with Crippen LogP contribution >= 0.6 is 0 Å². The molecule has 88 valence electrons. The fourth-order valence-corrected chi connectivity index (χ4v) is 1.80. The molecule has 1 aliphatic rings. The van der Waals surface area contributed by atoms with Gasteiger partial charge in [0.15, 0.2) is 0 Å². The van der Waals surface area contributed by atoms with Crippen LogP contribution in [-0.4, -0.2) is 49.6 Å². The maximum Gasteiger partial charge on any atom is 0.0940 e. The molecule has 1 fully saturated rings. The van der Waals surface area contributed by atoms with Gasteiger partial charge in [-0.3, -0.25) is 9.89 Å². The molecule has 0 spiro atoms. The summed E-state index contributed by atoms with van der Waals surface area (Å²) in [6.45, 7) is 8.98. The highest BCUT2D eigenvalue weighted by Gasteiger charge is 2.12. The van der Waals surface area contributed by atoms with Gasteiger partial charge in [-0.1, -0.05) is 6.92 Å². The monoisotopic (exact) mass is 213 g/mol. The van der Waals surface area contributed by atoms with E-state index in [1.54, 1.807) is 0 Å². The minimum absolute atomic E-state index is 0.301. The Labute approximate surface area is 92.5 Å². The molecular formula is C11H23N3O. The topological polar surface area (TPSA) is 50.8 Å². The van der Waals surface area contributed by atoms with Crippen molar-refractivity contribution >= 4 is 5.84 Å². The number of hydrogen-bond acceptors (Lipinski definition) is 3. The Balaban J connectivity index is 2.27. The summed E-state index contributed by atoms with van der Waals surface area (Å²) in [4.78, 5) is 6.86. The minimum Gasteiger partial charge on any atom is -0.387 e. The molecule has 0 saturated carbocycles. The molecule has 0 radical (unpaired) electrons. The summed E-state index contributed by atoms with van der Waals surface area (Å²) in [5, 5.41) is 0. The van der Waals surface area contributed by atoms with Crippen molar-refractivity contribution < 1.29 is 4.74 Å². The van der Waals surface area contributed by atoms with Crippen molar-refractivity contribution in [3.05, 3.63) is 0 Å². The van der Waals surface area contributed by atoms with Crippen molar-refractivity contribution in [3.63, 3.8) is 0 Å². The Bertz CT molecular complexity index is 200. The molecule has 0 aromatic heterocycles. The van der Waals surface area contributed by atoms with Crippen LogP contribution in [0.3, 0.4) is 0 Å². The van der Waals surface area contributed by atoms with Crippen LogP contribution in [0.5, 0.6) is 0 Å². The van der Waals surface area contributed by atoms with Crippen LogP contribution in [0, 0.1) is 0 Å². The Morgan fingerprint density at radius 3 is 2.73 bits per heavy atom. The molecule has 15 heavy (non-hydrogen) atoms. The summed E-state index contributed by atoms with van der Waals surface area (Å²) in [6.07, 6.45) is 1.98. The van der Waals surface area contributed by atoms with E-state index in [9.17, 15) is 0 Å². The zero-order valence-electron chi connectivity index (χ0n) is 9.91. The molecule has 0 aliphatic carbocycles. The van der Waals surface area contributed by atoms with Crippen LogP contribution in [0.25, 0.3) is 0 Å². The highest BCUT2D eigenvalue weighted by atomic mass is 16.5. The lowest BCUT2D eigenvalue weighted by atomic mass is 10.2. The van der Waals surface area contributed by atoms with Crippen LogP contribution in [-0.2, 0) is 4.74 Å². The molecular weight excluding hydrogens is 190 g/mol. The molecule has 4 nitrogen and oxygen atoms in total. The lowest BCUT2D eigenvalue weighted by molar-refractivity contribution is 0.0361. The van der Waals surface area contributed by atoms with Gasteiger partial charge in [-0.25, -0.2) is 0 Å². The fourth-order valence-electron chi connectivity index (χ4n) is 1.80. The first-order valence-electron chi connectivity index (χ1n) is 5.84. The number of rotatable bonds is 5. The molecule has 1 aliphatic heterocycles. The predicted octanol–water partition coefficient (Wildman–Crippen LogP) is 0.864. The third-order valence-electron chi connectivity index (χ3n) is 2.52. The van der Waals surface area contributed by atoms with E-state index in [0.29, 0.717) is 6.04 Å². The second-order valence-electron chi connectivity index (χ2n) is 4.13. The van der Waals surface area contributed by atoms with E-state index in [4.69, 9.17) is 10.5 Å². The van der Waals surface area contributed by atoms with Crippen LogP contribution in [0.2, 0.25) is 0 Å². The van der Waals surface area contributed by atoms with Crippen LogP contribution < -0.4 is 5.73 Å². The van der Waals surface area contributed by atoms with Gasteiger partial charge in [-0.05, 0) is 13.3 Å². The van der Waals surface area contributed by atoms with E-state index in [1.807, 2.05) is 0 Å². The smallest absolute Gasteiger partial charge is 0.0940 e. The molecule has 0 amide bonds. The lowest BCUT2D eigenvalue weighted by Gasteiger charge is -2.28. The van der Waals surface area contributed by atoms with E-state index < -0.39 is 0 Å². The Morgan fingerprint density at radius 1 is 1.47 bits per heavy atom. The first-order valence-corrected chi connectivity index (χ1v) is 5.84. The van der Waals surface area contributed by atoms with Crippen LogP contribution in [0.1, 0.15) is 26.7 Å². The first-order chi connectivity index (χ1) is 7.22. The predicted molar refractivity (Wildman–Crippen MR) is 63.3 cm³/mol. The van der Waals surface area contributed by atoms with Gasteiger partial charge in [0, 0.05) is 26.1 Å². The van der Waals surface area contributed by atoms with E-state index in [0.717, 1.165) is 51.5 Å². The molecule has 1 unspecified atom stereocenters. The van der Waals surface area contributed by atoms with Gasteiger partial charge in [0.2, 0.25) is 0 Å². The molecule has 0 aromatic rings. The second-order valence-corrected chi connectivity index (χ2v) is 4.13. The van der Waals surface area contributed by atoms with Gasteiger partial charge in [-0.15, -0.1) is 0 Å². The molecule has 1 saturated heterocycles. The molecule has 0 bridgehead atoms. The average molecular weight is 213 g/mol. The summed E-state index contributed by atoms with van der Waals surface area (Å²) in [6, 6.07) is 0.301. The third kappa shape index (κ3) is 5.14. The number of morpholine rings is 1. The minimum atomic E-state index is 0.301. The zero-order chi connectivity index (χ0) is 11.1. The van der Waals surface area contributed by atoms with E-state index in [-0.39, 0.29) is 0 Å². The van der Waals surface area contributed by atoms with Crippen molar-refractivity contribution in [1.29, 1.82) is 0 Å². The van der Waals surface area contributed by atoms with Gasteiger partial charge in [0.25, 0.3) is 0 Å². The SMILES string of the molecule is CCCC(N)=NC(C)CN1CCOCC1. The van der Waals surface area contributed by atoms with E-state index in [1.165, 1.54) is 0 Å². The van der Waals surface area contributed by atoms with Gasteiger partial charge in [0.1, 0.15) is 0 Å². The number of amidine groups is 1. The Hall–Kier alpha value is -0.610. The van der Waals surface area contributed by atoms with Gasteiger partial charge in [0.05, 0.1) is 25.1 Å². The summed E-state index contributed by atoms with van der Waals surface area (Å²) in [7, 11) is 0. The molecule has 4 heteroatoms. The van der Waals surface area contributed by atoms with Crippen molar-refractivity contribution in [3.8, 4) is 0 Å². The van der Waals surface area contributed by atoms with Gasteiger partial charge < -0.3 is 10.5 Å². The normalized spacial score (nSPS) is 21.6. The number of aliphatic imine (C=N–C) groups is 1. The van der Waals surface area contributed by atoms with Crippen molar-refractivity contribution in [1.82, 2.24) is 4.90 Å². The largest absolute Gasteiger partial charge is 0.387 e. The second kappa shape index (κ2) is 6.80. The highest BCUT2D eigenvalue weighted by molar-refractivity contribution is 5.80. The highest BCUT2D eigenvalue weighted by Crippen LogP contribution is 2.01. The molecule has 2 N–H and O–H groups in total. The molecule has 1 atom stereocenters. The summed E-state index contributed by atoms with van der Waals surface area (Å²) in [5.41, 5.74) is 5.80. The Morgan fingerprint density at radius 2 is 2.13 bits per heavy atom. The van der Waals surface area contributed by atoms with Gasteiger partial charge in [-0.2, -0.15) is 0 Å². The number of nitrogens with zero attached hydrogens (tertiary/aromatic N) is 2. The van der Waals surface area contributed by atoms with Crippen molar-refractivity contribution in [2.75, 3.05) is 32.8 Å². The van der Waals surface area contributed by atoms with Crippen molar-refractivity contribution in [2.45, 2.75) is 32.7 Å². The molecule has 0 aromatic carbocycles. The van der Waals surface area contributed by atoms with Gasteiger partial charge >= 0.3 is 0 Å². The Kier molecular flexibility index (Phi) is 5.65. The quantitative estimate of drug-likeness (QED) is 0.544. The van der Waals surface area contributed by atoms with E-state index >= 15 is 0 Å². The van der Waals surface area contributed by atoms with Crippen LogP contribution in [0.4, 0.5) is 0 Å². The van der Waals surface area contributed by atoms with Crippen LogP contribution in [0.15, 0.2) is 4.99 Å². The first kappa shape index (κ1) is 12.5. The number of ether oxygens (including phenoxy) is 1. The molecule has 1 rings (SSSR count). The van der Waals surface area contributed by atoms with Crippen molar-refractivity contribution in [2.24, 2.45) is 10.7 Å². The number of nitrogens with two attached hydrogens (primary N) is 1. The summed E-state index contributed by atoms with van der Waals surface area (Å²) >= 11 is 0. The summed E-state index contributed by atoms with van der Waals surface area (Å²) in [5.74, 6) is 0.790. The third-order valence-corrected chi connectivity index (χ3v) is 2.52.